The predicted molar refractivity (Wildman–Crippen MR) is 86.1 cm³/mol. The molecule has 0 radical (unpaired) electrons. The summed E-state index contributed by atoms with van der Waals surface area (Å²) in [7, 11) is -4.00. The zero-order valence-corrected chi connectivity index (χ0v) is 14.3. The minimum atomic E-state index is -4.44. The molecule has 0 amide bonds. The van der Waals surface area contributed by atoms with Gasteiger partial charge in [-0.15, -0.1) is 0 Å². The number of fused-ring (bicyclic) bond motifs is 3. The summed E-state index contributed by atoms with van der Waals surface area (Å²) in [6, 6.07) is 7.42. The van der Waals surface area contributed by atoms with Crippen LogP contribution >= 0.6 is 0 Å². The van der Waals surface area contributed by atoms with Crippen LogP contribution in [0.4, 0.5) is 13.2 Å². The normalized spacial score (nSPS) is 21.5. The van der Waals surface area contributed by atoms with Crippen molar-refractivity contribution in [2.75, 3.05) is 13.1 Å². The van der Waals surface area contributed by atoms with Crippen LogP contribution in [-0.2, 0) is 22.7 Å². The van der Waals surface area contributed by atoms with Gasteiger partial charge in [-0.3, -0.25) is 4.55 Å². The number of nitrogens with zero attached hydrogens (tertiary/aromatic N) is 2. The molecule has 1 saturated heterocycles. The summed E-state index contributed by atoms with van der Waals surface area (Å²) in [6.07, 6.45) is -2.45. The summed E-state index contributed by atoms with van der Waals surface area (Å²) in [5, 5.41) is 3.23. The molecule has 2 aromatic rings. The van der Waals surface area contributed by atoms with Gasteiger partial charge >= 0.3 is 6.18 Å². The van der Waals surface area contributed by atoms with Crippen molar-refractivity contribution in [3.05, 3.63) is 53.6 Å². The van der Waals surface area contributed by atoms with E-state index in [-0.39, 0.29) is 4.90 Å². The first-order chi connectivity index (χ1) is 12.2. The Bertz CT molecular complexity index is 889. The van der Waals surface area contributed by atoms with Crippen LogP contribution in [0.2, 0.25) is 0 Å². The number of hydrogen-bond acceptors (Lipinski definition) is 5. The van der Waals surface area contributed by atoms with Gasteiger partial charge in [0.15, 0.2) is 0 Å². The van der Waals surface area contributed by atoms with Gasteiger partial charge in [-0.2, -0.15) is 21.6 Å². The molecule has 6 nitrogen and oxygen atoms in total. The zero-order chi connectivity index (χ0) is 18.9. The maximum atomic E-state index is 12.4. The fraction of sp³-hybridized carbons (Fsp3) is 0.375. The second-order valence-electron chi connectivity index (χ2n) is 6.11. The van der Waals surface area contributed by atoms with Crippen LogP contribution in [0.1, 0.15) is 23.0 Å². The summed E-state index contributed by atoms with van der Waals surface area (Å²) < 4.78 is 66.5. The highest BCUT2D eigenvalue weighted by atomic mass is 32.2. The fourth-order valence-corrected chi connectivity index (χ4v) is 3.69. The van der Waals surface area contributed by atoms with Crippen LogP contribution in [0.15, 0.2) is 41.4 Å². The van der Waals surface area contributed by atoms with Gasteiger partial charge in [0.25, 0.3) is 10.1 Å². The van der Waals surface area contributed by atoms with Gasteiger partial charge in [0, 0.05) is 24.4 Å². The van der Waals surface area contributed by atoms with Crippen LogP contribution in [0.25, 0.3) is 0 Å². The third kappa shape index (κ3) is 4.02. The summed E-state index contributed by atoms with van der Waals surface area (Å²) >= 11 is 0. The minimum Gasteiger partial charge on any atom is -0.316 e. The van der Waals surface area contributed by atoms with Crippen molar-refractivity contribution in [3.63, 3.8) is 0 Å². The molecule has 10 heteroatoms. The van der Waals surface area contributed by atoms with Gasteiger partial charge < -0.3 is 5.32 Å². The van der Waals surface area contributed by atoms with Crippen molar-refractivity contribution < 1.29 is 26.1 Å². The Labute approximate surface area is 148 Å². The van der Waals surface area contributed by atoms with Crippen LogP contribution in [0.3, 0.4) is 0 Å². The number of hydrogen-bond donors (Lipinski definition) is 2. The van der Waals surface area contributed by atoms with E-state index in [1.165, 1.54) is 18.3 Å². The van der Waals surface area contributed by atoms with E-state index < -0.39 is 22.1 Å². The van der Waals surface area contributed by atoms with E-state index >= 15 is 0 Å². The third-order valence-electron chi connectivity index (χ3n) is 4.39. The molecule has 1 fully saturated rings. The van der Waals surface area contributed by atoms with Crippen molar-refractivity contribution in [2.24, 2.45) is 5.92 Å². The highest BCUT2D eigenvalue weighted by Gasteiger charge is 2.40. The largest absolute Gasteiger partial charge is 0.451 e. The van der Waals surface area contributed by atoms with E-state index in [1.54, 1.807) is 18.2 Å². The zero-order valence-electron chi connectivity index (χ0n) is 13.4. The predicted octanol–water partition coefficient (Wildman–Crippen LogP) is 2.29. The molecule has 2 N–H and O–H groups in total. The number of benzene rings is 1. The molecule has 0 saturated carbocycles. The number of rotatable bonds is 1. The molecule has 1 aromatic heterocycles. The Kier molecular flexibility index (Phi) is 5.00. The molecule has 1 aliphatic carbocycles. The SMILES string of the molecule is FC(F)(F)c1ncc2c(n1)CC1CNCC21.O=S(=O)(O)c1ccccc1. The van der Waals surface area contributed by atoms with Gasteiger partial charge in [0.1, 0.15) is 0 Å². The molecule has 2 atom stereocenters. The first kappa shape index (κ1) is 18.7. The average Bonchev–Trinajstić information content (AvgIpc) is 3.15. The summed E-state index contributed by atoms with van der Waals surface area (Å²) in [5.41, 5.74) is 1.47. The lowest BCUT2D eigenvalue weighted by molar-refractivity contribution is -0.145. The van der Waals surface area contributed by atoms with Crippen molar-refractivity contribution in [1.29, 1.82) is 0 Å². The first-order valence-electron chi connectivity index (χ1n) is 7.82. The highest BCUT2D eigenvalue weighted by Crippen LogP contribution is 2.39. The highest BCUT2D eigenvalue weighted by molar-refractivity contribution is 7.85. The van der Waals surface area contributed by atoms with Crippen molar-refractivity contribution in [2.45, 2.75) is 23.4 Å². The number of alkyl halides is 3. The molecular weight excluding hydrogens is 371 g/mol. The number of aromatic nitrogens is 2. The van der Waals surface area contributed by atoms with Gasteiger partial charge in [-0.05, 0) is 36.6 Å². The van der Waals surface area contributed by atoms with Crippen LogP contribution < -0.4 is 5.32 Å². The summed E-state index contributed by atoms with van der Waals surface area (Å²) in [4.78, 5) is 6.99. The molecule has 2 heterocycles. The van der Waals surface area contributed by atoms with E-state index in [2.05, 4.69) is 15.3 Å². The monoisotopic (exact) mass is 387 g/mol. The first-order valence-corrected chi connectivity index (χ1v) is 9.26. The maximum absolute atomic E-state index is 12.4. The minimum absolute atomic E-state index is 0.0741. The lowest BCUT2D eigenvalue weighted by Gasteiger charge is -2.08. The Morgan fingerprint density at radius 2 is 1.85 bits per heavy atom. The summed E-state index contributed by atoms with van der Waals surface area (Å²) in [5.74, 6) is -0.316. The van der Waals surface area contributed by atoms with Crippen molar-refractivity contribution >= 4 is 10.1 Å². The molecular formula is C16H16F3N3O3S. The molecule has 2 aliphatic rings. The van der Waals surface area contributed by atoms with E-state index in [0.717, 1.165) is 18.7 Å². The topological polar surface area (TPSA) is 92.2 Å². The Morgan fingerprint density at radius 1 is 1.15 bits per heavy atom. The van der Waals surface area contributed by atoms with Crippen LogP contribution in [0.5, 0.6) is 0 Å². The van der Waals surface area contributed by atoms with Crippen molar-refractivity contribution in [1.82, 2.24) is 15.3 Å². The maximum Gasteiger partial charge on any atom is 0.451 e. The lowest BCUT2D eigenvalue weighted by atomic mass is 9.98. The number of nitrogens with one attached hydrogen (secondary N) is 1. The fourth-order valence-electron chi connectivity index (χ4n) is 3.19. The van der Waals surface area contributed by atoms with Gasteiger partial charge in [-0.25, -0.2) is 9.97 Å². The molecule has 4 rings (SSSR count). The third-order valence-corrected chi connectivity index (χ3v) is 5.26. The van der Waals surface area contributed by atoms with Gasteiger partial charge in [0.05, 0.1) is 4.90 Å². The van der Waals surface area contributed by atoms with Gasteiger partial charge in [-0.1, -0.05) is 18.2 Å². The van der Waals surface area contributed by atoms with E-state index in [4.69, 9.17) is 4.55 Å². The molecule has 26 heavy (non-hydrogen) atoms. The molecule has 0 bridgehead atoms. The van der Waals surface area contributed by atoms with Crippen molar-refractivity contribution in [3.8, 4) is 0 Å². The molecule has 140 valence electrons. The number of halogens is 3. The smallest absolute Gasteiger partial charge is 0.316 e. The van der Waals surface area contributed by atoms with E-state index in [0.29, 0.717) is 24.0 Å². The average molecular weight is 387 g/mol. The summed E-state index contributed by atoms with van der Waals surface area (Å²) in [6.45, 7) is 1.69. The molecule has 1 aromatic carbocycles. The Morgan fingerprint density at radius 3 is 2.42 bits per heavy atom. The quantitative estimate of drug-likeness (QED) is 0.730. The Balaban J connectivity index is 0.000000170. The molecule has 2 unspecified atom stereocenters. The standard InChI is InChI=1S/C10H10F3N3.C6H6O3S/c11-10(12,13)9-15-4-7-6-3-14-2-5(6)1-8(7)16-9;7-10(8,9)6-4-2-1-3-5-6/h4-6,14H,1-3H2;1-5H,(H,7,8,9). The second kappa shape index (κ2) is 6.93. The molecule has 1 aliphatic heterocycles. The van der Waals surface area contributed by atoms with E-state index in [1.807, 2.05) is 0 Å². The van der Waals surface area contributed by atoms with E-state index in [9.17, 15) is 21.6 Å². The lowest BCUT2D eigenvalue weighted by Crippen LogP contribution is -2.15. The molecule has 0 spiro atoms. The van der Waals surface area contributed by atoms with Gasteiger partial charge in [0.2, 0.25) is 5.82 Å². The Hall–Kier alpha value is -2.04. The van der Waals surface area contributed by atoms with Crippen LogP contribution in [-0.4, -0.2) is 36.0 Å². The van der Waals surface area contributed by atoms with Crippen LogP contribution in [0, 0.1) is 5.92 Å². The second-order valence-corrected chi connectivity index (χ2v) is 7.53.